The molecular weight excluding hydrogens is 467 g/mol. The van der Waals surface area contributed by atoms with Gasteiger partial charge in [-0.15, -0.1) is 24.0 Å². The largest absolute Gasteiger partial charge is 0.379 e. The molecule has 0 amide bonds. The molecule has 1 atom stereocenters. The molecule has 2 aliphatic rings. The summed E-state index contributed by atoms with van der Waals surface area (Å²) in [6.45, 7) is 7.87. The van der Waals surface area contributed by atoms with Crippen molar-refractivity contribution in [3.05, 3.63) is 30.6 Å². The van der Waals surface area contributed by atoms with Crippen molar-refractivity contribution in [3.8, 4) is 0 Å². The van der Waals surface area contributed by atoms with Gasteiger partial charge in [0.1, 0.15) is 0 Å². The summed E-state index contributed by atoms with van der Waals surface area (Å²) in [4.78, 5) is 13.9. The Kier molecular flexibility index (Phi) is 7.92. The van der Waals surface area contributed by atoms with Gasteiger partial charge in [0, 0.05) is 52.4 Å². The number of fused-ring (bicyclic) bond motifs is 1. The highest BCUT2D eigenvalue weighted by atomic mass is 127. The Balaban J connectivity index is 0.00000225. The number of guanidine groups is 1. The summed E-state index contributed by atoms with van der Waals surface area (Å²) in [5.74, 6) is 1.03. The molecule has 2 aliphatic heterocycles. The van der Waals surface area contributed by atoms with Crippen LogP contribution in [0.2, 0.25) is 0 Å². The summed E-state index contributed by atoms with van der Waals surface area (Å²) >= 11 is 0. The fourth-order valence-corrected chi connectivity index (χ4v) is 4.15. The minimum Gasteiger partial charge on any atom is -0.379 e. The van der Waals surface area contributed by atoms with E-state index in [0.29, 0.717) is 6.04 Å². The van der Waals surface area contributed by atoms with Crippen molar-refractivity contribution in [2.45, 2.75) is 25.4 Å². The Morgan fingerprint density at radius 2 is 2.07 bits per heavy atom. The van der Waals surface area contributed by atoms with Gasteiger partial charge < -0.3 is 19.5 Å². The second kappa shape index (κ2) is 10.4. The summed E-state index contributed by atoms with van der Waals surface area (Å²) < 4.78 is 7.71. The van der Waals surface area contributed by atoms with Gasteiger partial charge in [0.15, 0.2) is 5.96 Å². The highest BCUT2D eigenvalue weighted by molar-refractivity contribution is 14.0. The van der Waals surface area contributed by atoms with E-state index < -0.39 is 0 Å². The predicted molar refractivity (Wildman–Crippen MR) is 123 cm³/mol. The first-order valence-electron chi connectivity index (χ1n) is 10.0. The van der Waals surface area contributed by atoms with E-state index in [9.17, 15) is 0 Å². The number of aryl methyl sites for hydroxylation is 1. The predicted octanol–water partition coefficient (Wildman–Crippen LogP) is 2.03. The molecule has 0 radical (unpaired) electrons. The first-order valence-corrected chi connectivity index (χ1v) is 10.0. The van der Waals surface area contributed by atoms with Gasteiger partial charge in [0.25, 0.3) is 0 Å². The molecule has 1 aromatic carbocycles. The standard InChI is InChI=1S/C20H30N6O.HI/c1-21-20(25-10-7-17(15-25)24-11-13-27-14-12-24)22-8-4-9-26-16-23-18-5-2-3-6-19(18)26;/h2-3,5-6,16-17H,4,7-15H2,1H3,(H,21,22);1H. The van der Waals surface area contributed by atoms with Gasteiger partial charge >= 0.3 is 0 Å². The summed E-state index contributed by atoms with van der Waals surface area (Å²) in [6.07, 6.45) is 4.19. The third kappa shape index (κ3) is 4.96. The quantitative estimate of drug-likeness (QED) is 0.296. The molecule has 0 saturated carbocycles. The minimum absolute atomic E-state index is 0. The molecule has 3 heterocycles. The zero-order valence-corrected chi connectivity index (χ0v) is 18.9. The molecule has 154 valence electrons. The first-order chi connectivity index (χ1) is 13.3. The summed E-state index contributed by atoms with van der Waals surface area (Å²) in [5, 5.41) is 3.54. The van der Waals surface area contributed by atoms with E-state index in [2.05, 4.69) is 47.9 Å². The van der Waals surface area contributed by atoms with E-state index in [1.54, 1.807) is 0 Å². The van der Waals surface area contributed by atoms with Crippen molar-refractivity contribution in [2.24, 2.45) is 4.99 Å². The number of likely N-dealkylation sites (tertiary alicyclic amines) is 1. The fraction of sp³-hybridized carbons (Fsp3) is 0.600. The lowest BCUT2D eigenvalue weighted by molar-refractivity contribution is 0.0195. The van der Waals surface area contributed by atoms with Crippen LogP contribution in [0.1, 0.15) is 12.8 Å². The van der Waals surface area contributed by atoms with E-state index in [0.717, 1.165) is 70.4 Å². The normalized spacial score (nSPS) is 21.1. The number of aromatic nitrogens is 2. The molecule has 8 heteroatoms. The lowest BCUT2D eigenvalue weighted by atomic mass is 10.2. The number of benzene rings is 1. The molecule has 1 N–H and O–H groups in total. The van der Waals surface area contributed by atoms with Crippen molar-refractivity contribution >= 4 is 41.0 Å². The zero-order valence-electron chi connectivity index (χ0n) is 16.6. The lowest BCUT2D eigenvalue weighted by Crippen LogP contribution is -2.46. The van der Waals surface area contributed by atoms with E-state index >= 15 is 0 Å². The molecule has 2 aromatic rings. The van der Waals surface area contributed by atoms with Crippen LogP contribution in [0.3, 0.4) is 0 Å². The Labute approximate surface area is 184 Å². The highest BCUT2D eigenvalue weighted by Crippen LogP contribution is 2.17. The molecule has 1 unspecified atom stereocenters. The van der Waals surface area contributed by atoms with Gasteiger partial charge in [-0.25, -0.2) is 4.98 Å². The zero-order chi connectivity index (χ0) is 18.5. The van der Waals surface area contributed by atoms with Crippen LogP contribution < -0.4 is 5.32 Å². The topological polar surface area (TPSA) is 57.9 Å². The van der Waals surface area contributed by atoms with E-state index in [4.69, 9.17) is 4.74 Å². The van der Waals surface area contributed by atoms with E-state index in [-0.39, 0.29) is 24.0 Å². The monoisotopic (exact) mass is 498 g/mol. The average Bonchev–Trinajstić information content (AvgIpc) is 3.36. The molecule has 2 saturated heterocycles. The number of hydrogen-bond acceptors (Lipinski definition) is 4. The number of rotatable bonds is 5. The summed E-state index contributed by atoms with van der Waals surface area (Å²) in [5.41, 5.74) is 2.27. The van der Waals surface area contributed by atoms with Crippen LogP contribution in [-0.4, -0.2) is 84.3 Å². The number of halogens is 1. The third-order valence-electron chi connectivity index (χ3n) is 5.62. The number of ether oxygens (including phenoxy) is 1. The van der Waals surface area contributed by atoms with Gasteiger partial charge in [-0.05, 0) is 25.0 Å². The Morgan fingerprint density at radius 1 is 1.25 bits per heavy atom. The number of nitrogens with one attached hydrogen (secondary N) is 1. The smallest absolute Gasteiger partial charge is 0.193 e. The van der Waals surface area contributed by atoms with Crippen LogP contribution in [0.25, 0.3) is 11.0 Å². The maximum atomic E-state index is 5.48. The van der Waals surface area contributed by atoms with Crippen molar-refractivity contribution in [3.63, 3.8) is 0 Å². The van der Waals surface area contributed by atoms with Gasteiger partial charge in [-0.3, -0.25) is 9.89 Å². The van der Waals surface area contributed by atoms with E-state index in [1.165, 1.54) is 11.9 Å². The van der Waals surface area contributed by atoms with Gasteiger partial charge in [-0.1, -0.05) is 12.1 Å². The highest BCUT2D eigenvalue weighted by Gasteiger charge is 2.30. The van der Waals surface area contributed by atoms with Crippen LogP contribution in [0.5, 0.6) is 0 Å². The van der Waals surface area contributed by atoms with Gasteiger partial charge in [0.2, 0.25) is 0 Å². The minimum atomic E-state index is 0. The van der Waals surface area contributed by atoms with Crippen molar-refractivity contribution < 1.29 is 4.74 Å². The summed E-state index contributed by atoms with van der Waals surface area (Å²) in [6, 6.07) is 8.92. The van der Waals surface area contributed by atoms with Crippen LogP contribution in [0.15, 0.2) is 35.6 Å². The second-order valence-corrected chi connectivity index (χ2v) is 7.29. The molecule has 0 bridgehead atoms. The third-order valence-corrected chi connectivity index (χ3v) is 5.62. The molecule has 2 fully saturated rings. The van der Waals surface area contributed by atoms with Gasteiger partial charge in [-0.2, -0.15) is 0 Å². The molecule has 7 nitrogen and oxygen atoms in total. The number of nitrogens with zero attached hydrogens (tertiary/aromatic N) is 5. The number of morpholine rings is 1. The van der Waals surface area contributed by atoms with Crippen LogP contribution >= 0.6 is 24.0 Å². The molecule has 4 rings (SSSR count). The first kappa shape index (κ1) is 21.3. The lowest BCUT2D eigenvalue weighted by Gasteiger charge is -2.32. The molecule has 1 aromatic heterocycles. The Hall–Kier alpha value is -1.39. The van der Waals surface area contributed by atoms with Crippen molar-refractivity contribution in [1.82, 2.24) is 24.7 Å². The molecular formula is C20H31IN6O. The van der Waals surface area contributed by atoms with Crippen LogP contribution in [0.4, 0.5) is 0 Å². The molecule has 0 aliphatic carbocycles. The van der Waals surface area contributed by atoms with Crippen LogP contribution in [0, 0.1) is 0 Å². The van der Waals surface area contributed by atoms with Crippen molar-refractivity contribution in [1.29, 1.82) is 0 Å². The van der Waals surface area contributed by atoms with Crippen LogP contribution in [-0.2, 0) is 11.3 Å². The molecule has 28 heavy (non-hydrogen) atoms. The average molecular weight is 498 g/mol. The Bertz CT molecular complexity index is 773. The summed E-state index contributed by atoms with van der Waals surface area (Å²) in [7, 11) is 1.88. The van der Waals surface area contributed by atoms with E-state index in [1.807, 2.05) is 19.4 Å². The Morgan fingerprint density at radius 3 is 2.89 bits per heavy atom. The molecule has 0 spiro atoms. The number of imidazole rings is 1. The second-order valence-electron chi connectivity index (χ2n) is 7.29. The maximum absolute atomic E-state index is 5.48. The number of para-hydroxylation sites is 2. The number of aliphatic imine (C=N–C) groups is 1. The fourth-order valence-electron chi connectivity index (χ4n) is 4.15. The number of hydrogen-bond donors (Lipinski definition) is 1. The van der Waals surface area contributed by atoms with Crippen molar-refractivity contribution in [2.75, 3.05) is 53.0 Å². The SMILES string of the molecule is CN=C(NCCCn1cnc2ccccc21)N1CCC(N2CCOCC2)C1.I. The van der Waals surface area contributed by atoms with Gasteiger partial charge in [0.05, 0.1) is 30.6 Å². The maximum Gasteiger partial charge on any atom is 0.193 e.